The van der Waals surface area contributed by atoms with Gasteiger partial charge in [0.1, 0.15) is 5.75 Å². The van der Waals surface area contributed by atoms with Crippen molar-refractivity contribution < 1.29 is 4.74 Å². The zero-order chi connectivity index (χ0) is 11.5. The highest BCUT2D eigenvalue weighted by molar-refractivity contribution is 7.99. The van der Waals surface area contributed by atoms with E-state index in [1.54, 1.807) is 0 Å². The van der Waals surface area contributed by atoms with Crippen LogP contribution in [0.4, 0.5) is 0 Å². The van der Waals surface area contributed by atoms with Crippen LogP contribution in [0, 0.1) is 0 Å². The standard InChI is InChI=1S/C14H19NOS/c1-2-14-13(4-8-16-14)11-12(1)3-5-15-6-9-17-10-7-15/h1-2,11H,3-10H2. The maximum atomic E-state index is 5.53. The summed E-state index contributed by atoms with van der Waals surface area (Å²) in [7, 11) is 0. The fraction of sp³-hybridized carbons (Fsp3) is 0.571. The molecule has 1 aromatic carbocycles. The van der Waals surface area contributed by atoms with Gasteiger partial charge in [0.25, 0.3) is 0 Å². The van der Waals surface area contributed by atoms with E-state index in [0.717, 1.165) is 18.8 Å². The fourth-order valence-electron chi connectivity index (χ4n) is 2.51. The van der Waals surface area contributed by atoms with Crippen molar-refractivity contribution in [2.75, 3.05) is 37.7 Å². The minimum absolute atomic E-state index is 0.863. The summed E-state index contributed by atoms with van der Waals surface area (Å²) in [4.78, 5) is 2.58. The van der Waals surface area contributed by atoms with E-state index in [1.165, 1.54) is 48.7 Å². The molecule has 17 heavy (non-hydrogen) atoms. The highest BCUT2D eigenvalue weighted by Crippen LogP contribution is 2.26. The monoisotopic (exact) mass is 249 g/mol. The molecule has 1 fully saturated rings. The molecule has 0 saturated carbocycles. The van der Waals surface area contributed by atoms with Crippen LogP contribution in [0.1, 0.15) is 11.1 Å². The van der Waals surface area contributed by atoms with E-state index in [4.69, 9.17) is 4.74 Å². The largest absolute Gasteiger partial charge is 0.493 e. The summed E-state index contributed by atoms with van der Waals surface area (Å²) in [5, 5.41) is 0. The predicted octanol–water partition coefficient (Wildman–Crippen LogP) is 2.21. The molecule has 3 heteroatoms. The van der Waals surface area contributed by atoms with Crippen molar-refractivity contribution in [1.29, 1.82) is 0 Å². The number of hydrogen-bond donors (Lipinski definition) is 0. The summed E-state index contributed by atoms with van der Waals surface area (Å²) in [5.41, 5.74) is 2.86. The van der Waals surface area contributed by atoms with Crippen LogP contribution >= 0.6 is 11.8 Å². The third-order valence-electron chi connectivity index (χ3n) is 3.57. The van der Waals surface area contributed by atoms with E-state index >= 15 is 0 Å². The minimum Gasteiger partial charge on any atom is -0.493 e. The molecule has 2 nitrogen and oxygen atoms in total. The number of thioether (sulfide) groups is 1. The van der Waals surface area contributed by atoms with Crippen molar-refractivity contribution in [3.8, 4) is 5.75 Å². The number of hydrogen-bond acceptors (Lipinski definition) is 3. The van der Waals surface area contributed by atoms with E-state index in [1.807, 2.05) is 0 Å². The first-order valence-electron chi connectivity index (χ1n) is 6.46. The summed E-state index contributed by atoms with van der Waals surface area (Å²) in [6.45, 7) is 4.60. The van der Waals surface area contributed by atoms with Crippen molar-refractivity contribution in [2.45, 2.75) is 12.8 Å². The molecule has 0 atom stereocenters. The molecule has 3 rings (SSSR count). The molecule has 0 aliphatic carbocycles. The van der Waals surface area contributed by atoms with Gasteiger partial charge in [0.2, 0.25) is 0 Å². The van der Waals surface area contributed by atoms with Crippen LogP contribution in [0.2, 0.25) is 0 Å². The lowest BCUT2D eigenvalue weighted by atomic mass is 10.1. The van der Waals surface area contributed by atoms with Gasteiger partial charge in [-0.15, -0.1) is 0 Å². The summed E-state index contributed by atoms with van der Waals surface area (Å²) in [5.74, 6) is 3.71. The van der Waals surface area contributed by atoms with E-state index in [2.05, 4.69) is 34.9 Å². The van der Waals surface area contributed by atoms with Crippen LogP contribution in [0.5, 0.6) is 5.75 Å². The first kappa shape index (κ1) is 11.4. The Balaban J connectivity index is 1.57. The topological polar surface area (TPSA) is 12.5 Å². The molecule has 0 radical (unpaired) electrons. The van der Waals surface area contributed by atoms with Crippen molar-refractivity contribution in [1.82, 2.24) is 4.90 Å². The Morgan fingerprint density at radius 1 is 1.24 bits per heavy atom. The van der Waals surface area contributed by atoms with Crippen LogP contribution in [0.15, 0.2) is 18.2 Å². The zero-order valence-corrected chi connectivity index (χ0v) is 11.0. The molecule has 1 saturated heterocycles. The van der Waals surface area contributed by atoms with Gasteiger partial charge in [-0.1, -0.05) is 12.1 Å². The molecule has 0 unspecified atom stereocenters. The second-order valence-electron chi connectivity index (χ2n) is 4.74. The minimum atomic E-state index is 0.863. The number of fused-ring (bicyclic) bond motifs is 1. The summed E-state index contributed by atoms with van der Waals surface area (Å²) < 4.78 is 5.53. The molecule has 92 valence electrons. The average molecular weight is 249 g/mol. The Morgan fingerprint density at radius 3 is 3.00 bits per heavy atom. The second-order valence-corrected chi connectivity index (χ2v) is 5.97. The van der Waals surface area contributed by atoms with Crippen LogP contribution in [0.3, 0.4) is 0 Å². The Hall–Kier alpha value is -0.670. The Labute approximate surface area is 107 Å². The number of ether oxygens (including phenoxy) is 1. The molecule has 0 spiro atoms. The van der Waals surface area contributed by atoms with Crippen molar-refractivity contribution in [3.05, 3.63) is 29.3 Å². The van der Waals surface area contributed by atoms with Gasteiger partial charge < -0.3 is 9.64 Å². The van der Waals surface area contributed by atoms with Gasteiger partial charge in [0.05, 0.1) is 6.61 Å². The molecule has 0 N–H and O–H groups in total. The molecule has 0 amide bonds. The van der Waals surface area contributed by atoms with E-state index in [9.17, 15) is 0 Å². The lowest BCUT2D eigenvalue weighted by Gasteiger charge is -2.26. The van der Waals surface area contributed by atoms with Gasteiger partial charge in [0, 0.05) is 37.6 Å². The number of nitrogens with zero attached hydrogens (tertiary/aromatic N) is 1. The first-order chi connectivity index (χ1) is 8.42. The molecular weight excluding hydrogens is 230 g/mol. The Kier molecular flexibility index (Phi) is 3.57. The third-order valence-corrected chi connectivity index (χ3v) is 4.52. The van der Waals surface area contributed by atoms with Crippen molar-refractivity contribution >= 4 is 11.8 Å². The normalized spacial score (nSPS) is 20.0. The summed E-state index contributed by atoms with van der Waals surface area (Å²) in [6, 6.07) is 6.70. The lowest BCUT2D eigenvalue weighted by Crippen LogP contribution is -2.34. The van der Waals surface area contributed by atoms with E-state index in [-0.39, 0.29) is 0 Å². The van der Waals surface area contributed by atoms with Gasteiger partial charge in [-0.3, -0.25) is 0 Å². The smallest absolute Gasteiger partial charge is 0.122 e. The predicted molar refractivity (Wildman–Crippen MR) is 73.1 cm³/mol. The summed E-state index contributed by atoms with van der Waals surface area (Å²) in [6.07, 6.45) is 2.27. The van der Waals surface area contributed by atoms with Crippen LogP contribution < -0.4 is 4.74 Å². The molecule has 2 heterocycles. The highest BCUT2D eigenvalue weighted by atomic mass is 32.2. The second kappa shape index (κ2) is 5.32. The molecule has 0 aromatic heterocycles. The van der Waals surface area contributed by atoms with Crippen LogP contribution in [-0.4, -0.2) is 42.6 Å². The highest BCUT2D eigenvalue weighted by Gasteiger charge is 2.13. The third kappa shape index (κ3) is 2.78. The lowest BCUT2D eigenvalue weighted by molar-refractivity contribution is 0.306. The fourth-order valence-corrected chi connectivity index (χ4v) is 3.49. The van der Waals surface area contributed by atoms with Gasteiger partial charge in [0.15, 0.2) is 0 Å². The van der Waals surface area contributed by atoms with Crippen LogP contribution in [0.25, 0.3) is 0 Å². The van der Waals surface area contributed by atoms with E-state index in [0.29, 0.717) is 0 Å². The SMILES string of the molecule is c1cc2c(cc1CCN1CCSCC1)CCO2. The van der Waals surface area contributed by atoms with Crippen molar-refractivity contribution in [2.24, 2.45) is 0 Å². The Bertz CT molecular complexity index is 388. The zero-order valence-electron chi connectivity index (χ0n) is 10.2. The van der Waals surface area contributed by atoms with Gasteiger partial charge in [-0.05, 0) is 23.6 Å². The van der Waals surface area contributed by atoms with E-state index < -0.39 is 0 Å². The molecule has 2 aliphatic rings. The van der Waals surface area contributed by atoms with Gasteiger partial charge in [-0.25, -0.2) is 0 Å². The average Bonchev–Trinajstić information content (AvgIpc) is 2.85. The quantitative estimate of drug-likeness (QED) is 0.815. The van der Waals surface area contributed by atoms with Crippen molar-refractivity contribution in [3.63, 3.8) is 0 Å². The first-order valence-corrected chi connectivity index (χ1v) is 7.62. The maximum Gasteiger partial charge on any atom is 0.122 e. The molecule has 0 bridgehead atoms. The van der Waals surface area contributed by atoms with Gasteiger partial charge >= 0.3 is 0 Å². The van der Waals surface area contributed by atoms with Gasteiger partial charge in [-0.2, -0.15) is 11.8 Å². The molecule has 2 aliphatic heterocycles. The number of rotatable bonds is 3. The summed E-state index contributed by atoms with van der Waals surface area (Å²) >= 11 is 2.08. The Morgan fingerprint density at radius 2 is 2.12 bits per heavy atom. The molecule has 1 aromatic rings. The van der Waals surface area contributed by atoms with Crippen LogP contribution in [-0.2, 0) is 12.8 Å². The maximum absolute atomic E-state index is 5.53. The number of benzene rings is 1. The molecular formula is C14H19NOS.